The number of nitrogens with two attached hydrogens (primary N) is 1. The molecular weight excluding hydrogens is 385 g/mol. The predicted molar refractivity (Wildman–Crippen MR) is 79.6 cm³/mol. The largest absolute Gasteiger partial charge is 0.351 e. The number of halogens is 2. The quantitative estimate of drug-likeness (QED) is 0.717. The Kier molecular flexibility index (Phi) is 6.51. The molecule has 0 bridgehead atoms. The molecule has 1 aromatic rings. The van der Waals surface area contributed by atoms with Gasteiger partial charge in [0, 0.05) is 8.95 Å². The molecule has 0 radical (unpaired) electrons. The molecule has 0 amide bonds. The summed E-state index contributed by atoms with van der Waals surface area (Å²) in [5.41, 5.74) is 6.72. The van der Waals surface area contributed by atoms with Crippen molar-refractivity contribution in [3.63, 3.8) is 0 Å². The minimum Gasteiger partial charge on any atom is -0.314 e. The molecule has 0 heterocycles. The van der Waals surface area contributed by atoms with Gasteiger partial charge in [-0.3, -0.25) is 4.57 Å². The van der Waals surface area contributed by atoms with Gasteiger partial charge in [-0.15, -0.1) is 0 Å². The van der Waals surface area contributed by atoms with E-state index in [1.165, 1.54) is 0 Å². The molecule has 0 aromatic heterocycles. The third-order valence-electron chi connectivity index (χ3n) is 2.19. The Morgan fingerprint density at radius 1 is 1.17 bits per heavy atom. The van der Waals surface area contributed by atoms with E-state index >= 15 is 0 Å². The van der Waals surface area contributed by atoms with Crippen molar-refractivity contribution in [3.8, 4) is 0 Å². The molecule has 1 atom stereocenters. The van der Waals surface area contributed by atoms with E-state index < -0.39 is 13.4 Å². The molecule has 0 spiro atoms. The van der Waals surface area contributed by atoms with Gasteiger partial charge in [0.1, 0.15) is 5.78 Å². The van der Waals surface area contributed by atoms with Crippen LogP contribution in [0, 0.1) is 0 Å². The van der Waals surface area contributed by atoms with Crippen molar-refractivity contribution in [1.82, 2.24) is 0 Å². The first-order valence-corrected chi connectivity index (χ1v) is 8.73. The Hall–Kier alpha value is 0.290. The third-order valence-corrected chi connectivity index (χ3v) is 5.32. The first-order chi connectivity index (χ1) is 8.42. The minimum atomic E-state index is -3.34. The van der Waals surface area contributed by atoms with Crippen LogP contribution in [0.15, 0.2) is 27.1 Å². The highest BCUT2D eigenvalue weighted by atomic mass is 79.9. The van der Waals surface area contributed by atoms with Gasteiger partial charge in [-0.05, 0) is 37.6 Å². The molecule has 0 fully saturated rings. The summed E-state index contributed by atoms with van der Waals surface area (Å²) in [5, 5.41) is 0. The van der Waals surface area contributed by atoms with Crippen LogP contribution in [-0.2, 0) is 13.6 Å². The third kappa shape index (κ3) is 4.15. The molecule has 102 valence electrons. The summed E-state index contributed by atoms with van der Waals surface area (Å²) in [6.45, 7) is 4.10. The molecule has 7 heteroatoms. The fourth-order valence-corrected chi connectivity index (χ4v) is 4.45. The summed E-state index contributed by atoms with van der Waals surface area (Å²) < 4.78 is 24.7. The normalized spacial score (nSPS) is 13.6. The topological polar surface area (TPSA) is 61.5 Å². The van der Waals surface area contributed by atoms with Crippen molar-refractivity contribution in [2.24, 2.45) is 5.73 Å². The summed E-state index contributed by atoms with van der Waals surface area (Å²) >= 11 is 6.74. The highest BCUT2D eigenvalue weighted by Crippen LogP contribution is 2.58. The van der Waals surface area contributed by atoms with Gasteiger partial charge in [0.05, 0.1) is 13.2 Å². The SMILES string of the molecule is CCOP(=O)(OCC)[C@H](N)c1cc(Br)cc(Br)c1. The number of hydrogen-bond acceptors (Lipinski definition) is 4. The van der Waals surface area contributed by atoms with Gasteiger partial charge in [-0.1, -0.05) is 31.9 Å². The first kappa shape index (κ1) is 16.3. The van der Waals surface area contributed by atoms with Crippen LogP contribution < -0.4 is 5.73 Å². The van der Waals surface area contributed by atoms with Gasteiger partial charge in [-0.2, -0.15) is 0 Å². The zero-order valence-corrected chi connectivity index (χ0v) is 14.3. The fraction of sp³-hybridized carbons (Fsp3) is 0.455. The average molecular weight is 401 g/mol. The highest BCUT2D eigenvalue weighted by molar-refractivity contribution is 9.11. The molecule has 0 saturated carbocycles. The number of rotatable bonds is 6. The van der Waals surface area contributed by atoms with Crippen LogP contribution in [0.4, 0.5) is 0 Å². The maximum atomic E-state index is 12.5. The van der Waals surface area contributed by atoms with Crippen LogP contribution in [-0.4, -0.2) is 13.2 Å². The van der Waals surface area contributed by atoms with E-state index in [0.29, 0.717) is 18.8 Å². The second-order valence-corrected chi connectivity index (χ2v) is 7.51. The molecule has 1 rings (SSSR count). The maximum absolute atomic E-state index is 12.5. The van der Waals surface area contributed by atoms with Gasteiger partial charge in [-0.25, -0.2) is 0 Å². The molecular formula is C11H16Br2NO3P. The average Bonchev–Trinajstić information content (AvgIpc) is 2.27. The smallest absolute Gasteiger partial charge is 0.314 e. The second kappa shape index (κ2) is 7.17. The lowest BCUT2D eigenvalue weighted by molar-refractivity contribution is 0.212. The lowest BCUT2D eigenvalue weighted by Crippen LogP contribution is -2.15. The zero-order chi connectivity index (χ0) is 13.8. The minimum absolute atomic E-state index is 0.292. The zero-order valence-electron chi connectivity index (χ0n) is 10.2. The Morgan fingerprint density at radius 3 is 2.00 bits per heavy atom. The summed E-state index contributed by atoms with van der Waals surface area (Å²) in [6, 6.07) is 5.49. The standard InChI is InChI=1S/C11H16Br2NO3P/c1-3-16-18(15,17-4-2)11(14)8-5-9(12)7-10(13)6-8/h5-7,11H,3-4,14H2,1-2H3/t11-/m0/s1. The molecule has 0 aliphatic rings. The van der Waals surface area contributed by atoms with Gasteiger partial charge < -0.3 is 14.8 Å². The van der Waals surface area contributed by atoms with Gasteiger partial charge in [0.15, 0.2) is 0 Å². The van der Waals surface area contributed by atoms with E-state index in [4.69, 9.17) is 14.8 Å². The van der Waals surface area contributed by atoms with Crippen molar-refractivity contribution in [3.05, 3.63) is 32.7 Å². The first-order valence-electron chi connectivity index (χ1n) is 5.53. The van der Waals surface area contributed by atoms with Crippen LogP contribution in [0.25, 0.3) is 0 Å². The van der Waals surface area contributed by atoms with Crippen LogP contribution in [0.5, 0.6) is 0 Å². The summed E-state index contributed by atoms with van der Waals surface area (Å²) in [7, 11) is -3.34. The molecule has 1 aromatic carbocycles. The Balaban J connectivity index is 3.09. The van der Waals surface area contributed by atoms with Crippen molar-refractivity contribution in [2.75, 3.05) is 13.2 Å². The molecule has 18 heavy (non-hydrogen) atoms. The van der Waals surface area contributed by atoms with Crippen molar-refractivity contribution >= 4 is 39.5 Å². The Bertz CT molecular complexity index is 426. The Morgan fingerprint density at radius 2 is 1.61 bits per heavy atom. The monoisotopic (exact) mass is 399 g/mol. The predicted octanol–water partition coefficient (Wildman–Crippen LogP) is 4.44. The van der Waals surface area contributed by atoms with Crippen LogP contribution in [0.2, 0.25) is 0 Å². The maximum Gasteiger partial charge on any atom is 0.351 e. The molecule has 0 saturated heterocycles. The number of benzene rings is 1. The van der Waals surface area contributed by atoms with E-state index in [2.05, 4.69) is 31.9 Å². The van der Waals surface area contributed by atoms with E-state index in [1.54, 1.807) is 26.0 Å². The fourth-order valence-electron chi connectivity index (χ4n) is 1.49. The number of hydrogen-bond donors (Lipinski definition) is 1. The summed E-state index contributed by atoms with van der Waals surface area (Å²) in [6.07, 6.45) is 0. The molecule has 4 nitrogen and oxygen atoms in total. The van der Waals surface area contributed by atoms with E-state index in [-0.39, 0.29) is 0 Å². The Labute approximate surface area is 124 Å². The molecule has 0 aliphatic carbocycles. The molecule has 2 N–H and O–H groups in total. The van der Waals surface area contributed by atoms with Crippen LogP contribution >= 0.6 is 39.5 Å². The van der Waals surface area contributed by atoms with E-state index in [1.807, 2.05) is 6.07 Å². The van der Waals surface area contributed by atoms with Crippen molar-refractivity contribution in [1.29, 1.82) is 0 Å². The summed E-state index contributed by atoms with van der Waals surface area (Å²) in [5.74, 6) is -0.800. The van der Waals surface area contributed by atoms with Gasteiger partial charge >= 0.3 is 7.60 Å². The van der Waals surface area contributed by atoms with Crippen molar-refractivity contribution in [2.45, 2.75) is 19.6 Å². The van der Waals surface area contributed by atoms with Gasteiger partial charge in [0.2, 0.25) is 0 Å². The molecule has 0 aliphatic heterocycles. The molecule has 0 unspecified atom stereocenters. The second-order valence-electron chi connectivity index (χ2n) is 3.52. The van der Waals surface area contributed by atoms with Crippen molar-refractivity contribution < 1.29 is 13.6 Å². The summed E-state index contributed by atoms with van der Waals surface area (Å²) in [4.78, 5) is 0. The lowest BCUT2D eigenvalue weighted by Gasteiger charge is -2.23. The van der Waals surface area contributed by atoms with Gasteiger partial charge in [0.25, 0.3) is 0 Å². The van der Waals surface area contributed by atoms with E-state index in [0.717, 1.165) is 8.95 Å². The lowest BCUT2D eigenvalue weighted by atomic mass is 10.2. The van der Waals surface area contributed by atoms with E-state index in [9.17, 15) is 4.57 Å². The van der Waals surface area contributed by atoms with Crippen LogP contribution in [0.3, 0.4) is 0 Å². The van der Waals surface area contributed by atoms with Crippen LogP contribution in [0.1, 0.15) is 25.2 Å². The highest BCUT2D eigenvalue weighted by Gasteiger charge is 2.34.